The predicted octanol–water partition coefficient (Wildman–Crippen LogP) is 4.91. The maximum Gasteiger partial charge on any atom is 0.164 e. The first-order valence-corrected chi connectivity index (χ1v) is 9.89. The van der Waals surface area contributed by atoms with Gasteiger partial charge in [0.15, 0.2) is 5.82 Å². The van der Waals surface area contributed by atoms with E-state index in [0.29, 0.717) is 16.1 Å². The molecular weight excluding hydrogens is 354 g/mol. The van der Waals surface area contributed by atoms with E-state index in [0.717, 1.165) is 29.5 Å². The molecule has 0 saturated carbocycles. The van der Waals surface area contributed by atoms with E-state index < -0.39 is 0 Å². The van der Waals surface area contributed by atoms with Crippen molar-refractivity contribution in [3.05, 3.63) is 35.4 Å². The number of benzene rings is 1. The minimum atomic E-state index is 0.184. The second-order valence-electron chi connectivity index (χ2n) is 6.70. The Kier molecular flexibility index (Phi) is 5.87. The topological polar surface area (TPSA) is 38.2 Å². The fourth-order valence-corrected chi connectivity index (χ4v) is 4.02. The number of halogens is 1. The first kappa shape index (κ1) is 18.5. The zero-order valence-electron chi connectivity index (χ0n) is 15.1. The quantitative estimate of drug-likeness (QED) is 0.559. The molecule has 1 fully saturated rings. The lowest BCUT2D eigenvalue weighted by molar-refractivity contribution is -0.00547. The van der Waals surface area contributed by atoms with Gasteiger partial charge in [0.1, 0.15) is 10.8 Å². The van der Waals surface area contributed by atoms with E-state index >= 15 is 0 Å². The molecule has 6 heteroatoms. The van der Waals surface area contributed by atoms with E-state index in [1.807, 2.05) is 24.3 Å². The molecular formula is C19H24ClN3OS. The Morgan fingerprint density at radius 1 is 1.16 bits per heavy atom. The summed E-state index contributed by atoms with van der Waals surface area (Å²) < 4.78 is 5.86. The van der Waals surface area contributed by atoms with Crippen molar-refractivity contribution in [1.29, 1.82) is 0 Å². The Hall–Kier alpha value is -1.30. The number of morpholine rings is 1. The number of rotatable bonds is 4. The Labute approximate surface area is 159 Å². The van der Waals surface area contributed by atoms with Crippen LogP contribution in [0, 0.1) is 0 Å². The highest BCUT2D eigenvalue weighted by Crippen LogP contribution is 2.31. The molecule has 0 N–H and O–H groups in total. The van der Waals surface area contributed by atoms with E-state index in [2.05, 4.69) is 38.7 Å². The van der Waals surface area contributed by atoms with Crippen LogP contribution in [0.3, 0.4) is 0 Å². The number of nitrogens with zero attached hydrogens (tertiary/aromatic N) is 3. The molecule has 0 unspecified atom stereocenters. The van der Waals surface area contributed by atoms with Gasteiger partial charge in [-0.15, -0.1) is 11.8 Å². The van der Waals surface area contributed by atoms with Gasteiger partial charge in [-0.2, -0.15) is 0 Å². The first-order valence-electron chi connectivity index (χ1n) is 8.63. The fraction of sp³-hybridized carbons (Fsp3) is 0.474. The molecule has 0 amide bonds. The molecule has 3 rings (SSSR count). The second-order valence-corrected chi connectivity index (χ2v) is 8.70. The van der Waals surface area contributed by atoms with Crippen LogP contribution in [0.5, 0.6) is 0 Å². The molecule has 1 saturated heterocycles. The summed E-state index contributed by atoms with van der Waals surface area (Å²) in [6.45, 7) is 10.2. The largest absolute Gasteiger partial charge is 0.372 e. The van der Waals surface area contributed by atoms with Crippen LogP contribution in [-0.2, 0) is 4.74 Å². The number of ether oxygens (including phenoxy) is 1. The molecule has 4 nitrogen and oxygen atoms in total. The predicted molar refractivity (Wildman–Crippen MR) is 106 cm³/mol. The molecule has 25 heavy (non-hydrogen) atoms. The van der Waals surface area contributed by atoms with Crippen LogP contribution >= 0.6 is 23.4 Å². The Balaban J connectivity index is 2.02. The highest BCUT2D eigenvalue weighted by Gasteiger charge is 2.24. The Morgan fingerprint density at radius 3 is 2.48 bits per heavy atom. The van der Waals surface area contributed by atoms with Crippen LogP contribution in [0.25, 0.3) is 11.4 Å². The van der Waals surface area contributed by atoms with Crippen LogP contribution in [0.4, 0.5) is 5.82 Å². The number of hydrogen-bond donors (Lipinski definition) is 0. The van der Waals surface area contributed by atoms with Gasteiger partial charge >= 0.3 is 0 Å². The highest BCUT2D eigenvalue weighted by atomic mass is 35.5. The average Bonchev–Trinajstić information content (AvgIpc) is 2.53. The zero-order chi connectivity index (χ0) is 18.0. The molecule has 2 aromatic rings. The minimum Gasteiger partial charge on any atom is -0.372 e. The summed E-state index contributed by atoms with van der Waals surface area (Å²) in [4.78, 5) is 11.9. The monoisotopic (exact) mass is 377 g/mol. The molecule has 134 valence electrons. The van der Waals surface area contributed by atoms with E-state index in [1.165, 1.54) is 0 Å². The SMILES string of the molecule is CC(C)Sc1cc(N2C[C@H](C)O[C@@H](C)C2)nc(-c2ccccc2Cl)n1. The zero-order valence-corrected chi connectivity index (χ0v) is 16.6. The van der Waals surface area contributed by atoms with Crippen LogP contribution in [-0.4, -0.2) is 40.5 Å². The summed E-state index contributed by atoms with van der Waals surface area (Å²) in [7, 11) is 0. The molecule has 0 spiro atoms. The van der Waals surface area contributed by atoms with Crippen molar-refractivity contribution < 1.29 is 4.74 Å². The lowest BCUT2D eigenvalue weighted by Crippen LogP contribution is -2.45. The van der Waals surface area contributed by atoms with E-state index in [-0.39, 0.29) is 12.2 Å². The van der Waals surface area contributed by atoms with Gasteiger partial charge in [0, 0.05) is 30.0 Å². The van der Waals surface area contributed by atoms with E-state index in [9.17, 15) is 0 Å². The van der Waals surface area contributed by atoms with Crippen LogP contribution in [0.15, 0.2) is 35.4 Å². The molecule has 2 atom stereocenters. The average molecular weight is 378 g/mol. The van der Waals surface area contributed by atoms with Gasteiger partial charge in [0.25, 0.3) is 0 Å². The maximum absolute atomic E-state index is 6.38. The van der Waals surface area contributed by atoms with Crippen molar-refractivity contribution >= 4 is 29.2 Å². The van der Waals surface area contributed by atoms with Crippen molar-refractivity contribution in [2.45, 2.75) is 50.2 Å². The second kappa shape index (κ2) is 7.94. The summed E-state index contributed by atoms with van der Waals surface area (Å²) >= 11 is 8.12. The molecule has 0 radical (unpaired) electrons. The molecule has 1 aliphatic rings. The molecule has 0 bridgehead atoms. The van der Waals surface area contributed by atoms with Crippen molar-refractivity contribution in [3.63, 3.8) is 0 Å². The third kappa shape index (κ3) is 4.66. The molecule has 2 heterocycles. The highest BCUT2D eigenvalue weighted by molar-refractivity contribution is 7.99. The minimum absolute atomic E-state index is 0.184. The van der Waals surface area contributed by atoms with Crippen LogP contribution < -0.4 is 4.90 Å². The van der Waals surface area contributed by atoms with Crippen LogP contribution in [0.2, 0.25) is 5.02 Å². The van der Waals surface area contributed by atoms with Gasteiger partial charge < -0.3 is 9.64 Å². The van der Waals surface area contributed by atoms with Crippen molar-refractivity contribution in [1.82, 2.24) is 9.97 Å². The van der Waals surface area contributed by atoms with Gasteiger partial charge in [0.2, 0.25) is 0 Å². The molecule has 0 aliphatic carbocycles. The third-order valence-corrected chi connectivity index (χ3v) is 5.16. The molecule has 1 aromatic carbocycles. The maximum atomic E-state index is 6.38. The Bertz CT molecular complexity index is 730. The van der Waals surface area contributed by atoms with Gasteiger partial charge in [-0.05, 0) is 26.0 Å². The summed E-state index contributed by atoms with van der Waals surface area (Å²) in [5.41, 5.74) is 0.867. The lowest BCUT2D eigenvalue weighted by Gasteiger charge is -2.36. The Morgan fingerprint density at radius 2 is 1.84 bits per heavy atom. The normalized spacial score (nSPS) is 21.0. The van der Waals surface area contributed by atoms with Gasteiger partial charge in [0.05, 0.1) is 17.2 Å². The van der Waals surface area contributed by atoms with E-state index in [4.69, 9.17) is 26.3 Å². The number of aromatic nitrogens is 2. The fourth-order valence-electron chi connectivity index (χ4n) is 3.00. The number of thioether (sulfide) groups is 1. The summed E-state index contributed by atoms with van der Waals surface area (Å²) in [6, 6.07) is 9.81. The van der Waals surface area contributed by atoms with Crippen molar-refractivity contribution in [3.8, 4) is 11.4 Å². The van der Waals surface area contributed by atoms with Crippen molar-refractivity contribution in [2.24, 2.45) is 0 Å². The molecule has 1 aliphatic heterocycles. The first-order chi connectivity index (χ1) is 11.9. The van der Waals surface area contributed by atoms with E-state index in [1.54, 1.807) is 11.8 Å². The van der Waals surface area contributed by atoms with Crippen molar-refractivity contribution in [2.75, 3.05) is 18.0 Å². The van der Waals surface area contributed by atoms with Gasteiger partial charge in [-0.1, -0.05) is 37.6 Å². The summed E-state index contributed by atoms with van der Waals surface area (Å²) in [6.07, 6.45) is 0.368. The smallest absolute Gasteiger partial charge is 0.164 e. The number of hydrogen-bond acceptors (Lipinski definition) is 5. The summed E-state index contributed by atoms with van der Waals surface area (Å²) in [5, 5.41) is 2.09. The lowest BCUT2D eigenvalue weighted by atomic mass is 10.2. The molecule has 1 aromatic heterocycles. The van der Waals surface area contributed by atoms with Gasteiger partial charge in [-0.25, -0.2) is 9.97 Å². The van der Waals surface area contributed by atoms with Crippen LogP contribution in [0.1, 0.15) is 27.7 Å². The standard InChI is InChI=1S/C19H24ClN3OS/c1-12(2)25-18-9-17(23-10-13(3)24-14(4)11-23)21-19(22-18)15-7-5-6-8-16(15)20/h5-9,12-14H,10-11H2,1-4H3/t13-,14-/m0/s1. The third-order valence-electron chi connectivity index (χ3n) is 3.90. The van der Waals surface area contributed by atoms with Gasteiger partial charge in [-0.3, -0.25) is 0 Å². The number of anilines is 1. The summed E-state index contributed by atoms with van der Waals surface area (Å²) in [5.74, 6) is 1.62.